The van der Waals surface area contributed by atoms with E-state index < -0.39 is 0 Å². The molecule has 0 aromatic heterocycles. The fourth-order valence-electron chi connectivity index (χ4n) is 3.01. The van der Waals surface area contributed by atoms with Crippen molar-refractivity contribution in [1.82, 2.24) is 0 Å². The number of rotatable bonds is 8. The van der Waals surface area contributed by atoms with E-state index in [0.717, 1.165) is 17.7 Å². The minimum absolute atomic E-state index is 0.0259. The summed E-state index contributed by atoms with van der Waals surface area (Å²) in [6.07, 6.45) is 1.44. The first-order valence-corrected chi connectivity index (χ1v) is 10.7. The van der Waals surface area contributed by atoms with Gasteiger partial charge in [-0.3, -0.25) is 9.59 Å². The number of nitrogens with one attached hydrogen (secondary N) is 3. The van der Waals surface area contributed by atoms with Gasteiger partial charge in [-0.05, 0) is 54.4 Å². The van der Waals surface area contributed by atoms with Crippen LogP contribution in [0, 0.1) is 0 Å². The molecule has 3 N–H and O–H groups in total. The highest BCUT2D eigenvalue weighted by molar-refractivity contribution is 6.39. The molecule has 3 aromatic rings. The van der Waals surface area contributed by atoms with Crippen molar-refractivity contribution in [3.05, 3.63) is 82.3 Å². The molecule has 0 unspecified atom stereocenters. The van der Waals surface area contributed by atoms with Crippen LogP contribution in [0.2, 0.25) is 10.0 Å². The Hall–Kier alpha value is -3.02. The largest absolute Gasteiger partial charge is 0.353 e. The Morgan fingerprint density at radius 2 is 1.35 bits per heavy atom. The topological polar surface area (TPSA) is 70.2 Å². The van der Waals surface area contributed by atoms with Gasteiger partial charge in [-0.25, -0.2) is 0 Å². The monoisotopic (exact) mass is 455 g/mol. The third-order valence-corrected chi connectivity index (χ3v) is 5.15. The van der Waals surface area contributed by atoms with Gasteiger partial charge in [0.2, 0.25) is 11.8 Å². The van der Waals surface area contributed by atoms with Crippen LogP contribution in [-0.4, -0.2) is 11.8 Å². The number of carbonyl (C=O) groups excluding carboxylic acids is 2. The van der Waals surface area contributed by atoms with Crippen LogP contribution in [0.3, 0.4) is 0 Å². The maximum Gasteiger partial charge on any atom is 0.228 e. The minimum atomic E-state index is -0.165. The van der Waals surface area contributed by atoms with E-state index in [-0.39, 0.29) is 18.2 Å². The molecule has 3 aromatic carbocycles. The third kappa shape index (κ3) is 6.48. The van der Waals surface area contributed by atoms with Gasteiger partial charge < -0.3 is 16.0 Å². The zero-order valence-corrected chi connectivity index (χ0v) is 18.6. The predicted octanol–water partition coefficient (Wildman–Crippen LogP) is 6.66. The molecule has 0 saturated heterocycles. The maximum absolute atomic E-state index is 12.6. The van der Waals surface area contributed by atoms with Crippen molar-refractivity contribution in [2.45, 2.75) is 26.2 Å². The molecular weight excluding hydrogens is 433 g/mol. The van der Waals surface area contributed by atoms with Crippen molar-refractivity contribution in [1.29, 1.82) is 0 Å². The molecular formula is C24H23Cl2N3O2. The van der Waals surface area contributed by atoms with Crippen molar-refractivity contribution in [2.75, 3.05) is 16.0 Å². The summed E-state index contributed by atoms with van der Waals surface area (Å²) in [7, 11) is 0. The number of halogens is 2. The quantitative estimate of drug-likeness (QED) is 0.355. The lowest BCUT2D eigenvalue weighted by molar-refractivity contribution is -0.116. The molecule has 0 aliphatic heterocycles. The number of amides is 2. The van der Waals surface area contributed by atoms with E-state index in [4.69, 9.17) is 23.2 Å². The Morgan fingerprint density at radius 3 is 1.97 bits per heavy atom. The average molecular weight is 456 g/mol. The van der Waals surface area contributed by atoms with Gasteiger partial charge in [-0.1, -0.05) is 54.4 Å². The number of hydrogen-bond acceptors (Lipinski definition) is 3. The van der Waals surface area contributed by atoms with E-state index in [2.05, 4.69) is 16.0 Å². The second-order valence-electron chi connectivity index (χ2n) is 6.98. The van der Waals surface area contributed by atoms with Crippen LogP contribution in [0.15, 0.2) is 66.7 Å². The molecule has 0 fully saturated rings. The van der Waals surface area contributed by atoms with Gasteiger partial charge in [-0.15, -0.1) is 0 Å². The molecule has 0 heterocycles. The van der Waals surface area contributed by atoms with Gasteiger partial charge in [0.05, 0.1) is 22.2 Å². The highest BCUT2D eigenvalue weighted by Crippen LogP contribution is 2.33. The summed E-state index contributed by atoms with van der Waals surface area (Å²) in [4.78, 5) is 24.3. The summed E-state index contributed by atoms with van der Waals surface area (Å²) in [6.45, 7) is 1.95. The van der Waals surface area contributed by atoms with Gasteiger partial charge in [0.25, 0.3) is 0 Å². The van der Waals surface area contributed by atoms with Crippen molar-refractivity contribution in [2.24, 2.45) is 0 Å². The summed E-state index contributed by atoms with van der Waals surface area (Å²) in [6, 6.07) is 19.8. The second-order valence-corrected chi connectivity index (χ2v) is 7.79. The van der Waals surface area contributed by atoms with Gasteiger partial charge in [0.15, 0.2) is 0 Å². The van der Waals surface area contributed by atoms with Crippen LogP contribution in [0.25, 0.3) is 0 Å². The fraction of sp³-hybridized carbons (Fsp3) is 0.167. The van der Waals surface area contributed by atoms with Crippen LogP contribution in [0.5, 0.6) is 0 Å². The second kappa shape index (κ2) is 10.8. The highest BCUT2D eigenvalue weighted by atomic mass is 35.5. The summed E-state index contributed by atoms with van der Waals surface area (Å²) in [5.41, 5.74) is 3.50. The highest BCUT2D eigenvalue weighted by Gasteiger charge is 2.12. The number of para-hydroxylation sites is 2. The lowest BCUT2D eigenvalue weighted by Gasteiger charge is -2.14. The van der Waals surface area contributed by atoms with Crippen LogP contribution in [0.1, 0.15) is 25.3 Å². The normalized spacial score (nSPS) is 10.4. The molecule has 0 bridgehead atoms. The number of carbonyl (C=O) groups is 2. The number of hydrogen-bond donors (Lipinski definition) is 3. The van der Waals surface area contributed by atoms with E-state index >= 15 is 0 Å². The van der Waals surface area contributed by atoms with Crippen molar-refractivity contribution < 1.29 is 9.59 Å². The van der Waals surface area contributed by atoms with Gasteiger partial charge >= 0.3 is 0 Å². The summed E-state index contributed by atoms with van der Waals surface area (Å²) in [5.74, 6) is -0.190. The molecule has 0 spiro atoms. The number of anilines is 4. The summed E-state index contributed by atoms with van der Waals surface area (Å²) >= 11 is 12.5. The molecule has 31 heavy (non-hydrogen) atoms. The average Bonchev–Trinajstić information content (AvgIpc) is 2.73. The molecule has 0 radical (unpaired) electrons. The Labute approximate surface area is 191 Å². The Kier molecular flexibility index (Phi) is 7.93. The SMILES string of the molecule is CCCC(=O)Nc1ccc(NC(=O)Cc2ccccc2Nc2c(Cl)cccc2Cl)cc1. The van der Waals surface area contributed by atoms with E-state index in [9.17, 15) is 9.59 Å². The molecule has 0 aliphatic carbocycles. The lowest BCUT2D eigenvalue weighted by Crippen LogP contribution is -2.15. The Balaban J connectivity index is 1.65. The van der Waals surface area contributed by atoms with E-state index in [0.29, 0.717) is 33.5 Å². The Morgan fingerprint density at radius 1 is 0.774 bits per heavy atom. The van der Waals surface area contributed by atoms with Gasteiger partial charge in [0, 0.05) is 23.5 Å². The zero-order valence-electron chi connectivity index (χ0n) is 17.0. The molecule has 160 valence electrons. The summed E-state index contributed by atoms with van der Waals surface area (Å²) < 4.78 is 0. The molecule has 0 saturated carbocycles. The molecule has 0 aliphatic rings. The first-order chi connectivity index (χ1) is 15.0. The Bertz CT molecular complexity index is 1050. The molecule has 7 heteroatoms. The van der Waals surface area contributed by atoms with E-state index in [1.54, 1.807) is 42.5 Å². The zero-order chi connectivity index (χ0) is 22.2. The lowest BCUT2D eigenvalue weighted by atomic mass is 10.1. The maximum atomic E-state index is 12.6. The third-order valence-electron chi connectivity index (χ3n) is 4.52. The molecule has 0 atom stereocenters. The van der Waals surface area contributed by atoms with Crippen molar-refractivity contribution in [3.8, 4) is 0 Å². The van der Waals surface area contributed by atoms with E-state index in [1.165, 1.54) is 0 Å². The molecule has 3 rings (SSSR count). The smallest absolute Gasteiger partial charge is 0.228 e. The molecule has 5 nitrogen and oxygen atoms in total. The van der Waals surface area contributed by atoms with Gasteiger partial charge in [-0.2, -0.15) is 0 Å². The number of benzene rings is 3. The van der Waals surface area contributed by atoms with Crippen molar-refractivity contribution >= 4 is 57.8 Å². The van der Waals surface area contributed by atoms with Crippen LogP contribution < -0.4 is 16.0 Å². The standard InChI is InChI=1S/C24H23Cl2N3O2/c1-2-6-22(30)27-17-11-13-18(14-12-17)28-23(31)15-16-7-3-4-10-21(16)29-24-19(25)8-5-9-20(24)26/h3-5,7-14,29H,2,6,15H2,1H3,(H,27,30)(H,28,31). The fourth-order valence-corrected chi connectivity index (χ4v) is 3.51. The van der Waals surface area contributed by atoms with Crippen molar-refractivity contribution in [3.63, 3.8) is 0 Å². The molecule has 2 amide bonds. The van der Waals surface area contributed by atoms with E-state index in [1.807, 2.05) is 31.2 Å². The van der Waals surface area contributed by atoms with Crippen LogP contribution in [0.4, 0.5) is 22.7 Å². The minimum Gasteiger partial charge on any atom is -0.353 e. The predicted molar refractivity (Wildman–Crippen MR) is 129 cm³/mol. The first-order valence-electron chi connectivity index (χ1n) is 9.95. The van der Waals surface area contributed by atoms with Crippen LogP contribution in [-0.2, 0) is 16.0 Å². The van der Waals surface area contributed by atoms with Crippen LogP contribution >= 0.6 is 23.2 Å². The van der Waals surface area contributed by atoms with Gasteiger partial charge in [0.1, 0.15) is 0 Å². The summed E-state index contributed by atoms with van der Waals surface area (Å²) in [5, 5.41) is 9.93. The first kappa shape index (κ1) is 22.7.